The molecular formula is C27H29N5O2. The minimum Gasteiger partial charge on any atom is -0.457 e. The molecule has 0 aliphatic carbocycles. The summed E-state index contributed by atoms with van der Waals surface area (Å²) in [7, 11) is 0. The van der Waals surface area contributed by atoms with Crippen molar-refractivity contribution in [3.05, 3.63) is 90.4 Å². The SMILES string of the molecule is Cc1ccc(-n2nc(C(C)(C)C)cc2NC2OC2Nc2ccc(Oc3ccncc3)cc2)cc1. The maximum atomic E-state index is 5.85. The predicted molar refractivity (Wildman–Crippen MR) is 134 cm³/mol. The fraction of sp³-hybridized carbons (Fsp3) is 0.259. The average Bonchev–Trinajstić information content (AvgIpc) is 3.38. The first-order chi connectivity index (χ1) is 16.3. The molecule has 0 saturated carbocycles. The van der Waals surface area contributed by atoms with E-state index in [0.29, 0.717) is 0 Å². The number of nitrogens with zero attached hydrogens (tertiary/aromatic N) is 3. The van der Waals surface area contributed by atoms with Crippen LogP contribution in [0, 0.1) is 6.92 Å². The molecule has 4 aromatic rings. The summed E-state index contributed by atoms with van der Waals surface area (Å²) < 4.78 is 13.6. The second kappa shape index (κ2) is 8.83. The third kappa shape index (κ3) is 5.05. The van der Waals surface area contributed by atoms with Crippen LogP contribution in [-0.4, -0.2) is 27.2 Å². The van der Waals surface area contributed by atoms with Crippen LogP contribution < -0.4 is 15.4 Å². The van der Waals surface area contributed by atoms with Crippen molar-refractivity contribution in [3.63, 3.8) is 0 Å². The standard InChI is InChI=1S/C27H29N5O2/c1-18-5-9-20(10-6-18)32-24(17-23(31-32)27(2,3)4)30-26-25(34-26)29-19-7-11-21(12-8-19)33-22-13-15-28-16-14-22/h5-17,25-26,29-30H,1-4H3. The number of rotatable bonds is 7. The highest BCUT2D eigenvalue weighted by Gasteiger charge is 2.40. The molecule has 0 spiro atoms. The summed E-state index contributed by atoms with van der Waals surface area (Å²) in [5.74, 6) is 2.43. The van der Waals surface area contributed by atoms with Gasteiger partial charge in [-0.15, -0.1) is 0 Å². The van der Waals surface area contributed by atoms with Gasteiger partial charge in [0.1, 0.15) is 17.3 Å². The van der Waals surface area contributed by atoms with Crippen LogP contribution in [0.3, 0.4) is 0 Å². The molecular weight excluding hydrogens is 426 g/mol. The topological polar surface area (TPSA) is 76.5 Å². The smallest absolute Gasteiger partial charge is 0.177 e. The molecule has 7 nitrogen and oxygen atoms in total. The van der Waals surface area contributed by atoms with E-state index in [4.69, 9.17) is 14.6 Å². The summed E-state index contributed by atoms with van der Waals surface area (Å²) >= 11 is 0. The molecule has 3 heterocycles. The lowest BCUT2D eigenvalue weighted by molar-refractivity contribution is 0.395. The van der Waals surface area contributed by atoms with Crippen LogP contribution in [0.5, 0.6) is 11.5 Å². The van der Waals surface area contributed by atoms with Gasteiger partial charge in [0.2, 0.25) is 0 Å². The van der Waals surface area contributed by atoms with E-state index in [0.717, 1.165) is 34.4 Å². The molecule has 7 heteroatoms. The molecule has 0 amide bonds. The Kier molecular flexibility index (Phi) is 5.71. The van der Waals surface area contributed by atoms with Crippen LogP contribution in [0.4, 0.5) is 11.5 Å². The van der Waals surface area contributed by atoms with Gasteiger partial charge in [0.15, 0.2) is 12.5 Å². The summed E-state index contributed by atoms with van der Waals surface area (Å²) in [5.41, 5.74) is 4.14. The Bertz CT molecular complexity index is 1250. The van der Waals surface area contributed by atoms with Gasteiger partial charge in [-0.1, -0.05) is 38.5 Å². The predicted octanol–water partition coefficient (Wildman–Crippen LogP) is 5.87. The van der Waals surface area contributed by atoms with Gasteiger partial charge in [-0.3, -0.25) is 4.98 Å². The average molecular weight is 456 g/mol. The number of hydrogen-bond acceptors (Lipinski definition) is 6. The Labute approximate surface area is 199 Å². The van der Waals surface area contributed by atoms with Crippen molar-refractivity contribution in [2.24, 2.45) is 0 Å². The van der Waals surface area contributed by atoms with E-state index < -0.39 is 0 Å². The van der Waals surface area contributed by atoms with Gasteiger partial charge in [0, 0.05) is 29.6 Å². The highest BCUT2D eigenvalue weighted by molar-refractivity contribution is 5.51. The summed E-state index contributed by atoms with van der Waals surface area (Å²) in [6, 6.07) is 21.9. The van der Waals surface area contributed by atoms with Crippen LogP contribution in [0.25, 0.3) is 5.69 Å². The lowest BCUT2D eigenvalue weighted by Gasteiger charge is -2.14. The number of aryl methyl sites for hydroxylation is 1. The first-order valence-electron chi connectivity index (χ1n) is 11.4. The summed E-state index contributed by atoms with van der Waals surface area (Å²) in [6.45, 7) is 8.58. The van der Waals surface area contributed by atoms with Gasteiger partial charge >= 0.3 is 0 Å². The summed E-state index contributed by atoms with van der Waals surface area (Å²) in [5, 5.41) is 11.8. The Morgan fingerprint density at radius 1 is 0.853 bits per heavy atom. The molecule has 2 aromatic heterocycles. The number of epoxide rings is 1. The lowest BCUT2D eigenvalue weighted by Crippen LogP contribution is -2.16. The number of benzene rings is 2. The third-order valence-corrected chi connectivity index (χ3v) is 5.59. The van der Waals surface area contributed by atoms with Gasteiger partial charge in [-0.2, -0.15) is 5.10 Å². The fourth-order valence-electron chi connectivity index (χ4n) is 3.54. The number of aromatic nitrogens is 3. The molecule has 0 radical (unpaired) electrons. The zero-order valence-electron chi connectivity index (χ0n) is 19.8. The fourth-order valence-corrected chi connectivity index (χ4v) is 3.54. The maximum Gasteiger partial charge on any atom is 0.177 e. The van der Waals surface area contributed by atoms with Crippen molar-refractivity contribution in [1.29, 1.82) is 0 Å². The van der Waals surface area contributed by atoms with Gasteiger partial charge in [0.05, 0.1) is 11.4 Å². The first kappa shape index (κ1) is 22.0. The Morgan fingerprint density at radius 2 is 1.50 bits per heavy atom. The second-order valence-electron chi connectivity index (χ2n) is 9.49. The van der Waals surface area contributed by atoms with E-state index in [1.807, 2.05) is 41.1 Å². The van der Waals surface area contributed by atoms with E-state index in [1.54, 1.807) is 12.4 Å². The normalized spacial score (nSPS) is 17.3. The van der Waals surface area contributed by atoms with Crippen LogP contribution in [0.2, 0.25) is 0 Å². The Morgan fingerprint density at radius 3 is 2.18 bits per heavy atom. The minimum absolute atomic E-state index is 0.0610. The number of anilines is 2. The molecule has 1 aliphatic rings. The van der Waals surface area contributed by atoms with Crippen molar-refractivity contribution in [2.75, 3.05) is 10.6 Å². The van der Waals surface area contributed by atoms with Crippen molar-refractivity contribution in [2.45, 2.75) is 45.6 Å². The molecule has 2 N–H and O–H groups in total. The quantitative estimate of drug-likeness (QED) is 0.339. The highest BCUT2D eigenvalue weighted by atomic mass is 16.6. The van der Waals surface area contributed by atoms with E-state index in [9.17, 15) is 0 Å². The molecule has 2 aromatic carbocycles. The number of hydrogen-bond donors (Lipinski definition) is 2. The van der Waals surface area contributed by atoms with Crippen LogP contribution in [0.1, 0.15) is 32.0 Å². The Hall–Kier alpha value is -3.84. The molecule has 34 heavy (non-hydrogen) atoms. The number of nitrogens with one attached hydrogen (secondary N) is 2. The van der Waals surface area contributed by atoms with Crippen molar-refractivity contribution < 1.29 is 9.47 Å². The van der Waals surface area contributed by atoms with Gasteiger partial charge in [0.25, 0.3) is 0 Å². The minimum atomic E-state index is -0.151. The van der Waals surface area contributed by atoms with Crippen molar-refractivity contribution >= 4 is 11.5 Å². The van der Waals surface area contributed by atoms with Gasteiger partial charge < -0.3 is 20.1 Å². The molecule has 2 atom stereocenters. The van der Waals surface area contributed by atoms with Crippen molar-refractivity contribution in [3.8, 4) is 17.2 Å². The van der Waals surface area contributed by atoms with Crippen LogP contribution >= 0.6 is 0 Å². The molecule has 1 aliphatic heterocycles. The highest BCUT2D eigenvalue weighted by Crippen LogP contribution is 2.31. The van der Waals surface area contributed by atoms with E-state index in [2.05, 4.69) is 73.6 Å². The third-order valence-electron chi connectivity index (χ3n) is 5.59. The monoisotopic (exact) mass is 455 g/mol. The number of pyridine rings is 1. The largest absolute Gasteiger partial charge is 0.457 e. The van der Waals surface area contributed by atoms with E-state index in [-0.39, 0.29) is 17.9 Å². The Balaban J connectivity index is 1.25. The lowest BCUT2D eigenvalue weighted by atomic mass is 9.92. The van der Waals surface area contributed by atoms with Crippen LogP contribution in [-0.2, 0) is 10.2 Å². The number of ether oxygens (including phenoxy) is 2. The molecule has 0 bridgehead atoms. The molecule has 174 valence electrons. The summed E-state index contributed by atoms with van der Waals surface area (Å²) in [4.78, 5) is 4.00. The van der Waals surface area contributed by atoms with Gasteiger partial charge in [-0.05, 0) is 55.5 Å². The molecule has 1 fully saturated rings. The maximum absolute atomic E-state index is 5.85. The zero-order chi connectivity index (χ0) is 23.7. The molecule has 2 unspecified atom stereocenters. The van der Waals surface area contributed by atoms with Crippen LogP contribution in [0.15, 0.2) is 79.1 Å². The second-order valence-corrected chi connectivity index (χ2v) is 9.49. The zero-order valence-corrected chi connectivity index (χ0v) is 19.8. The van der Waals surface area contributed by atoms with E-state index >= 15 is 0 Å². The molecule has 1 saturated heterocycles. The van der Waals surface area contributed by atoms with E-state index in [1.165, 1.54) is 5.56 Å². The first-order valence-corrected chi connectivity index (χ1v) is 11.4. The summed E-state index contributed by atoms with van der Waals surface area (Å²) in [6.07, 6.45) is 3.13. The van der Waals surface area contributed by atoms with Gasteiger partial charge in [-0.25, -0.2) is 4.68 Å². The van der Waals surface area contributed by atoms with Crippen molar-refractivity contribution in [1.82, 2.24) is 14.8 Å². The molecule has 5 rings (SSSR count).